The van der Waals surface area contributed by atoms with Crippen molar-refractivity contribution < 1.29 is 44.1 Å². The average molecular weight is 829 g/mol. The van der Waals surface area contributed by atoms with Gasteiger partial charge in [-0.1, -0.05) is 0 Å². The van der Waals surface area contributed by atoms with Crippen molar-refractivity contribution in [3.05, 3.63) is 68.0 Å². The minimum atomic E-state index is -1.18. The van der Waals surface area contributed by atoms with E-state index in [1.54, 1.807) is 10.6 Å². The summed E-state index contributed by atoms with van der Waals surface area (Å²) in [5.74, 6) is 0.680. The third kappa shape index (κ3) is 7.02. The van der Waals surface area contributed by atoms with E-state index in [1.807, 2.05) is 11.0 Å². The monoisotopic (exact) mass is 828 g/mol. The van der Waals surface area contributed by atoms with Gasteiger partial charge in [0.05, 0.1) is 64.9 Å². The number of aromatic nitrogens is 2. The van der Waals surface area contributed by atoms with Crippen molar-refractivity contribution in [1.29, 1.82) is 0 Å². The Morgan fingerprint density at radius 1 is 0.763 bits per heavy atom. The summed E-state index contributed by atoms with van der Waals surface area (Å²) in [5, 5.41) is 0.189. The van der Waals surface area contributed by atoms with Crippen molar-refractivity contribution in [3.8, 4) is 11.5 Å². The van der Waals surface area contributed by atoms with Crippen LogP contribution in [0.3, 0.4) is 0 Å². The van der Waals surface area contributed by atoms with Gasteiger partial charge >= 0.3 is 0 Å². The maximum atomic E-state index is 15.3. The number of nitrogens with two attached hydrogens (primary N) is 2. The van der Waals surface area contributed by atoms with Crippen molar-refractivity contribution in [2.75, 3.05) is 50.2 Å². The largest absolute Gasteiger partial charge is 0.492 e. The van der Waals surface area contributed by atoms with Gasteiger partial charge in [0.15, 0.2) is 40.7 Å². The Balaban J connectivity index is 0.000000162. The number of methoxy groups -OCH3 is 2. The molecule has 2 aliphatic heterocycles. The molecule has 4 N–H and O–H groups in total. The number of benzene rings is 2. The summed E-state index contributed by atoms with van der Waals surface area (Å²) in [6.07, 6.45) is 4.54. The molecule has 316 valence electrons. The molecule has 6 atom stereocenters. The number of halogens is 5. The van der Waals surface area contributed by atoms with E-state index >= 15 is 4.39 Å². The van der Waals surface area contributed by atoms with Crippen molar-refractivity contribution in [2.45, 2.75) is 86.9 Å². The first-order chi connectivity index (χ1) is 29.1. The Morgan fingerprint density at radius 2 is 1.22 bits per heavy atom. The zero-order valence-electron chi connectivity index (χ0n) is 34.6. The molecule has 0 radical (unpaired) electrons. The number of nitrogens with zero attached hydrogens (tertiary/aromatic N) is 4. The van der Waals surface area contributed by atoms with Crippen LogP contribution in [0.1, 0.15) is 86.9 Å². The third-order valence-corrected chi connectivity index (χ3v) is 13.3. The van der Waals surface area contributed by atoms with Gasteiger partial charge in [-0.25, -0.2) is 13.2 Å². The van der Waals surface area contributed by atoms with Crippen molar-refractivity contribution in [1.82, 2.24) is 9.13 Å². The van der Waals surface area contributed by atoms with Crippen LogP contribution < -0.4 is 41.6 Å². The predicted octanol–water partition coefficient (Wildman–Crippen LogP) is 5.83. The molecule has 2 aromatic carbocycles. The summed E-state index contributed by atoms with van der Waals surface area (Å²) in [6.45, 7) is 2.85. The van der Waals surface area contributed by atoms with Gasteiger partial charge in [0.2, 0.25) is 0 Å². The molecule has 2 aromatic heterocycles. The van der Waals surface area contributed by atoms with Gasteiger partial charge in [-0.2, -0.15) is 0 Å². The standard InChI is InChI=1S/C21H23F2N3O3.C21H24FN3O3.F2/c1-29-20-17-13(19(28)11(10-27)8-26(17)16-7-14(16)22)6-15(23)18(20)25-5-2-12(9-25)21(24)3-4-21;1-28-20-16(24-7-4-13(10-24)21(23)5-6-21)3-2-14-18(20)25(17-8-15(17)22)9-12(11-26)19(14)27;1-2/h6,8,10,12,14,16H,2-5,7,9,24H2,1H3;2-3,9,11,13,15,17H,4-8,10,23H2,1H3;/t12-,14+,16-;13-,15+,17-;/m11./s1/i10D;11D;. The van der Waals surface area contributed by atoms with E-state index < -0.39 is 59.2 Å². The van der Waals surface area contributed by atoms with Crippen molar-refractivity contribution in [3.63, 3.8) is 0 Å². The Morgan fingerprint density at radius 3 is 1.68 bits per heavy atom. The van der Waals surface area contributed by atoms with E-state index in [4.69, 9.17) is 32.8 Å². The van der Waals surface area contributed by atoms with Crippen molar-refractivity contribution in [2.24, 2.45) is 23.3 Å². The summed E-state index contributed by atoms with van der Waals surface area (Å²) < 4.78 is 88.4. The number of pyridine rings is 2. The maximum Gasteiger partial charge on any atom is 0.200 e. The Bertz CT molecular complexity index is 2570. The molecule has 0 amide bonds. The molecule has 4 aliphatic carbocycles. The van der Waals surface area contributed by atoms with Crippen molar-refractivity contribution >= 4 is 45.7 Å². The molecule has 10 rings (SSSR count). The van der Waals surface area contributed by atoms with Crippen LogP contribution in [0.25, 0.3) is 21.8 Å². The van der Waals surface area contributed by atoms with E-state index in [1.165, 1.54) is 31.2 Å². The van der Waals surface area contributed by atoms with Gasteiger partial charge in [-0.3, -0.25) is 19.2 Å². The molecule has 59 heavy (non-hydrogen) atoms. The summed E-state index contributed by atoms with van der Waals surface area (Å²) in [4.78, 5) is 53.0. The van der Waals surface area contributed by atoms with Gasteiger partial charge in [-0.05, 0) is 68.6 Å². The minimum Gasteiger partial charge on any atom is -0.492 e. The van der Waals surface area contributed by atoms with Crippen LogP contribution in [0, 0.1) is 17.7 Å². The van der Waals surface area contributed by atoms with E-state index in [9.17, 15) is 28.0 Å². The molecule has 4 heterocycles. The fourth-order valence-corrected chi connectivity index (χ4v) is 9.32. The number of carbonyl (C=O) groups excluding carboxylic acids is 2. The SMILES string of the molecule is FF.[2H]C(=O)c1cn([C@@H]2C[C@@H]2F)c2c(OC)c(N3CC[C@@H](C4(N)CC4)C3)c(F)cc2c1=O.[2H]C(=O)c1cn([C@@H]2C[C@@H]2F)c2c(OC)c(N3CC[C@@H](C4(N)CC4)C3)ccc2c1=O. The number of carbonyl (C=O) groups is 2. The van der Waals surface area contributed by atoms with E-state index in [0.717, 1.165) is 63.4 Å². The zero-order chi connectivity index (χ0) is 43.9. The highest BCUT2D eigenvalue weighted by atomic mass is 20.0. The van der Waals surface area contributed by atoms with Crippen LogP contribution in [0.4, 0.5) is 33.7 Å². The topological polar surface area (TPSA) is 155 Å². The minimum absolute atomic E-state index is 0.0558. The second kappa shape index (κ2) is 15.2. The Hall–Kier alpha value is -5.03. The number of aldehydes is 2. The van der Waals surface area contributed by atoms with E-state index in [2.05, 4.69) is 4.90 Å². The zero-order valence-corrected chi connectivity index (χ0v) is 32.6. The molecule has 2 saturated heterocycles. The van der Waals surface area contributed by atoms with E-state index in [0.29, 0.717) is 36.7 Å². The number of hydrogen-bond donors (Lipinski definition) is 2. The second-order valence-electron chi connectivity index (χ2n) is 16.9. The molecule has 17 heteroatoms. The quantitative estimate of drug-likeness (QED) is 0.148. The first-order valence-electron chi connectivity index (χ1n) is 20.8. The fourth-order valence-electron chi connectivity index (χ4n) is 9.32. The van der Waals surface area contributed by atoms with Crippen LogP contribution >= 0.6 is 0 Å². The maximum absolute atomic E-state index is 15.3. The van der Waals surface area contributed by atoms with Crippen LogP contribution in [-0.4, -0.2) is 85.5 Å². The average Bonchev–Trinajstić information content (AvgIpc) is 4.23. The lowest BCUT2D eigenvalue weighted by Gasteiger charge is -2.25. The predicted molar refractivity (Wildman–Crippen MR) is 213 cm³/mol. The molecule has 6 fully saturated rings. The van der Waals surface area contributed by atoms with Crippen LogP contribution in [0.15, 0.2) is 40.2 Å². The highest BCUT2D eigenvalue weighted by Crippen LogP contribution is 2.50. The normalized spacial score (nSPS) is 27.2. The molecule has 0 unspecified atom stereocenters. The Labute approximate surface area is 338 Å². The smallest absolute Gasteiger partial charge is 0.200 e. The number of fused-ring (bicyclic) bond motifs is 2. The molecule has 0 spiro atoms. The molecule has 6 aliphatic rings. The number of ether oxygens (including phenoxy) is 2. The van der Waals surface area contributed by atoms with Gasteiger partial charge in [0.1, 0.15) is 20.8 Å². The van der Waals surface area contributed by atoms with Gasteiger partial charge in [-0.15, -0.1) is 0 Å². The molecule has 12 nitrogen and oxygen atoms in total. The second-order valence-corrected chi connectivity index (χ2v) is 16.9. The Kier molecular flexibility index (Phi) is 9.85. The molecule has 4 saturated carbocycles. The molecular formula is C42H47F5N6O6. The molecule has 4 aromatic rings. The molecule has 0 bridgehead atoms. The van der Waals surface area contributed by atoms with E-state index in [-0.39, 0.29) is 56.7 Å². The van der Waals surface area contributed by atoms with Gasteiger partial charge < -0.3 is 39.9 Å². The lowest BCUT2D eigenvalue weighted by atomic mass is 9.97. The van der Waals surface area contributed by atoms with Crippen LogP contribution in [0.2, 0.25) is 0 Å². The number of hydrogen-bond acceptors (Lipinski definition) is 10. The summed E-state index contributed by atoms with van der Waals surface area (Å²) in [6, 6.07) is 3.53. The highest BCUT2D eigenvalue weighted by Gasteiger charge is 2.50. The first kappa shape index (κ1) is 38.2. The lowest BCUT2D eigenvalue weighted by molar-refractivity contribution is 0.108. The van der Waals surface area contributed by atoms with Gasteiger partial charge in [0, 0.05) is 71.6 Å². The highest BCUT2D eigenvalue weighted by molar-refractivity contribution is 5.95. The number of rotatable bonds is 10. The summed E-state index contributed by atoms with van der Waals surface area (Å²) in [7, 11) is 2.92. The first-order valence-corrected chi connectivity index (χ1v) is 19.8. The van der Waals surface area contributed by atoms with Gasteiger partial charge in [0.25, 0.3) is 0 Å². The van der Waals surface area contributed by atoms with Crippen LogP contribution in [-0.2, 0) is 0 Å². The third-order valence-electron chi connectivity index (χ3n) is 13.3. The van der Waals surface area contributed by atoms with Crippen LogP contribution in [0.5, 0.6) is 11.5 Å². The molecular weight excluding hydrogens is 779 g/mol. The number of alkyl halides is 2. The summed E-state index contributed by atoms with van der Waals surface area (Å²) >= 11 is 0. The lowest BCUT2D eigenvalue weighted by Crippen LogP contribution is -2.34. The fraction of sp³-hybridized carbons (Fsp3) is 0.524. The summed E-state index contributed by atoms with van der Waals surface area (Å²) in [5.41, 5.74) is 12.4. The number of anilines is 2.